The van der Waals surface area contributed by atoms with Gasteiger partial charge < -0.3 is 10.6 Å². The minimum absolute atomic E-state index is 0.146. The molecule has 0 aliphatic heterocycles. The summed E-state index contributed by atoms with van der Waals surface area (Å²) < 4.78 is 28.5. The topological polar surface area (TPSA) is 104 Å². The van der Waals surface area contributed by atoms with Crippen LogP contribution in [0.4, 0.5) is 0 Å². The molecule has 1 aliphatic carbocycles. The molecule has 33 heavy (non-hydrogen) atoms. The maximum Gasteiger partial charge on any atom is 0.243 e. The number of nitrogens with one attached hydrogen (secondary N) is 3. The van der Waals surface area contributed by atoms with Crippen LogP contribution in [0.25, 0.3) is 0 Å². The lowest BCUT2D eigenvalue weighted by molar-refractivity contribution is -0.131. The van der Waals surface area contributed by atoms with Gasteiger partial charge in [-0.15, -0.1) is 0 Å². The van der Waals surface area contributed by atoms with Crippen molar-refractivity contribution in [1.29, 1.82) is 0 Å². The highest BCUT2D eigenvalue weighted by Crippen LogP contribution is 2.28. The Kier molecular flexibility index (Phi) is 9.91. The fourth-order valence-electron chi connectivity index (χ4n) is 4.25. The van der Waals surface area contributed by atoms with E-state index in [-0.39, 0.29) is 23.5 Å². The Balaban J connectivity index is 2.18. The predicted molar refractivity (Wildman–Crippen MR) is 132 cm³/mol. The van der Waals surface area contributed by atoms with E-state index in [0.717, 1.165) is 25.7 Å². The Morgan fingerprint density at radius 2 is 1.61 bits per heavy atom. The molecule has 186 valence electrons. The van der Waals surface area contributed by atoms with Crippen LogP contribution >= 0.6 is 0 Å². The van der Waals surface area contributed by atoms with Crippen molar-refractivity contribution in [2.45, 2.75) is 96.5 Å². The maximum atomic E-state index is 13.3. The lowest BCUT2D eigenvalue weighted by Gasteiger charge is -2.30. The van der Waals surface area contributed by atoms with Crippen molar-refractivity contribution in [2.24, 2.45) is 11.8 Å². The highest BCUT2D eigenvalue weighted by molar-refractivity contribution is 7.88. The van der Waals surface area contributed by atoms with Gasteiger partial charge in [0.2, 0.25) is 21.8 Å². The summed E-state index contributed by atoms with van der Waals surface area (Å²) in [5, 5.41) is 5.75. The summed E-state index contributed by atoms with van der Waals surface area (Å²) in [5.74, 6) is -0.766. The highest BCUT2D eigenvalue weighted by atomic mass is 32.2. The summed E-state index contributed by atoms with van der Waals surface area (Å²) in [6.45, 7) is 9.38. The van der Waals surface area contributed by atoms with Crippen LogP contribution in [-0.4, -0.2) is 37.9 Å². The molecule has 1 aromatic carbocycles. The van der Waals surface area contributed by atoms with Gasteiger partial charge in [0.05, 0.1) is 5.75 Å². The number of carbonyl (C=O) groups is 2. The number of benzene rings is 1. The van der Waals surface area contributed by atoms with E-state index in [2.05, 4.69) is 15.4 Å². The first-order valence-corrected chi connectivity index (χ1v) is 13.7. The molecule has 2 atom stereocenters. The normalized spacial score (nSPS) is 17.4. The van der Waals surface area contributed by atoms with Crippen LogP contribution in [0.15, 0.2) is 30.3 Å². The van der Waals surface area contributed by atoms with Crippen molar-refractivity contribution < 1.29 is 18.0 Å². The van der Waals surface area contributed by atoms with E-state index < -0.39 is 33.6 Å². The maximum absolute atomic E-state index is 13.3. The third-order valence-electron chi connectivity index (χ3n) is 5.88. The van der Waals surface area contributed by atoms with Crippen LogP contribution < -0.4 is 15.4 Å². The summed E-state index contributed by atoms with van der Waals surface area (Å²) in [4.78, 5) is 26.1. The lowest BCUT2D eigenvalue weighted by atomic mass is 9.84. The van der Waals surface area contributed by atoms with Crippen LogP contribution in [0.5, 0.6) is 0 Å². The molecule has 2 rings (SSSR count). The number of rotatable bonds is 10. The number of hydrogen-bond donors (Lipinski definition) is 3. The molecule has 0 aromatic heterocycles. The zero-order chi connectivity index (χ0) is 24.6. The second kappa shape index (κ2) is 12.0. The minimum Gasteiger partial charge on any atom is -0.350 e. The quantitative estimate of drug-likeness (QED) is 0.478. The van der Waals surface area contributed by atoms with Crippen LogP contribution in [0.2, 0.25) is 0 Å². The van der Waals surface area contributed by atoms with E-state index in [1.807, 2.05) is 40.7 Å². The van der Waals surface area contributed by atoms with E-state index >= 15 is 0 Å². The molecule has 3 N–H and O–H groups in total. The molecule has 1 aliphatic rings. The SMILES string of the molecule is CC(C)C(NC(=O)C(CC1CCCCC1)NS(=O)(=O)Cc1ccccc1)C(=O)NC(C)(C)C. The fraction of sp³-hybridized carbons (Fsp3) is 0.680. The molecular formula is C25H41N3O4S. The van der Waals surface area contributed by atoms with Gasteiger partial charge in [0, 0.05) is 5.54 Å². The summed E-state index contributed by atoms with van der Waals surface area (Å²) in [6, 6.07) is 7.26. The largest absolute Gasteiger partial charge is 0.350 e. The van der Waals surface area contributed by atoms with Crippen molar-refractivity contribution in [2.75, 3.05) is 0 Å². The average molecular weight is 480 g/mol. The minimum atomic E-state index is -3.75. The standard InChI is InChI=1S/C25H41N3O4S/c1-18(2)22(24(30)27-25(3,4)5)26-23(29)21(16-19-12-8-6-9-13-19)28-33(31,32)17-20-14-10-7-11-15-20/h7,10-11,14-15,18-19,21-22,28H,6,8-9,12-13,16-17H2,1-5H3,(H,26,29)(H,27,30). The summed E-state index contributed by atoms with van der Waals surface area (Å²) >= 11 is 0. The molecule has 0 saturated heterocycles. The molecule has 1 fully saturated rings. The van der Waals surface area contributed by atoms with Gasteiger partial charge in [0.15, 0.2) is 0 Å². The number of carbonyl (C=O) groups excluding carboxylic acids is 2. The fourth-order valence-corrected chi connectivity index (χ4v) is 5.60. The Hall–Kier alpha value is -1.93. The van der Waals surface area contributed by atoms with Crippen molar-refractivity contribution in [1.82, 2.24) is 15.4 Å². The molecule has 0 heterocycles. The highest BCUT2D eigenvalue weighted by Gasteiger charge is 2.33. The monoisotopic (exact) mass is 479 g/mol. The molecule has 1 saturated carbocycles. The van der Waals surface area contributed by atoms with Crippen LogP contribution in [0.3, 0.4) is 0 Å². The molecule has 1 aromatic rings. The Morgan fingerprint density at radius 1 is 1.00 bits per heavy atom. The number of hydrogen-bond acceptors (Lipinski definition) is 4. The van der Waals surface area contributed by atoms with Crippen molar-refractivity contribution in [3.8, 4) is 0 Å². The first kappa shape index (κ1) is 27.3. The van der Waals surface area contributed by atoms with Crippen LogP contribution in [0, 0.1) is 11.8 Å². The first-order chi connectivity index (χ1) is 15.4. The number of amides is 2. The smallest absolute Gasteiger partial charge is 0.243 e. The third kappa shape index (κ3) is 9.84. The molecule has 8 heteroatoms. The van der Waals surface area contributed by atoms with Gasteiger partial charge in [-0.2, -0.15) is 0 Å². The Morgan fingerprint density at radius 3 is 2.15 bits per heavy atom. The van der Waals surface area contributed by atoms with Crippen molar-refractivity contribution >= 4 is 21.8 Å². The third-order valence-corrected chi connectivity index (χ3v) is 7.23. The van der Waals surface area contributed by atoms with Gasteiger partial charge in [-0.25, -0.2) is 13.1 Å². The van der Waals surface area contributed by atoms with Gasteiger partial charge in [-0.05, 0) is 44.6 Å². The van der Waals surface area contributed by atoms with Gasteiger partial charge in [0.25, 0.3) is 0 Å². The molecule has 2 unspecified atom stereocenters. The molecule has 2 amide bonds. The van der Waals surface area contributed by atoms with Crippen LogP contribution in [0.1, 0.15) is 78.7 Å². The van der Waals surface area contributed by atoms with E-state index in [1.54, 1.807) is 24.3 Å². The lowest BCUT2D eigenvalue weighted by Crippen LogP contribution is -2.58. The summed E-state index contributed by atoms with van der Waals surface area (Å²) in [7, 11) is -3.75. The average Bonchev–Trinajstić information content (AvgIpc) is 2.70. The van der Waals surface area contributed by atoms with Gasteiger partial charge in [0.1, 0.15) is 12.1 Å². The van der Waals surface area contributed by atoms with Crippen LogP contribution in [-0.2, 0) is 25.4 Å². The van der Waals surface area contributed by atoms with Gasteiger partial charge in [-0.1, -0.05) is 76.3 Å². The van der Waals surface area contributed by atoms with E-state index in [0.29, 0.717) is 12.0 Å². The second-order valence-electron chi connectivity index (χ2n) is 10.6. The van der Waals surface area contributed by atoms with Crippen molar-refractivity contribution in [3.63, 3.8) is 0 Å². The first-order valence-electron chi connectivity index (χ1n) is 12.0. The molecule has 7 nitrogen and oxygen atoms in total. The summed E-state index contributed by atoms with van der Waals surface area (Å²) in [5.41, 5.74) is 0.222. The predicted octanol–water partition coefficient (Wildman–Crippen LogP) is 3.50. The molecule has 0 spiro atoms. The van der Waals surface area contributed by atoms with E-state index in [1.165, 1.54) is 6.42 Å². The number of sulfonamides is 1. The zero-order valence-electron chi connectivity index (χ0n) is 20.7. The Labute approximate surface area is 199 Å². The van der Waals surface area contributed by atoms with E-state index in [9.17, 15) is 18.0 Å². The Bertz CT molecular complexity index is 873. The second-order valence-corrected chi connectivity index (χ2v) is 12.4. The summed E-state index contributed by atoms with van der Waals surface area (Å²) in [6.07, 6.45) is 5.78. The van der Waals surface area contributed by atoms with Crippen molar-refractivity contribution in [3.05, 3.63) is 35.9 Å². The van der Waals surface area contributed by atoms with Gasteiger partial charge in [-0.3, -0.25) is 9.59 Å². The van der Waals surface area contributed by atoms with E-state index in [4.69, 9.17) is 0 Å². The zero-order valence-corrected chi connectivity index (χ0v) is 21.5. The van der Waals surface area contributed by atoms with Gasteiger partial charge >= 0.3 is 0 Å². The molecular weight excluding hydrogens is 438 g/mol. The molecule has 0 bridgehead atoms. The molecule has 0 radical (unpaired) electrons.